The molecule has 1 aliphatic heterocycles. The van der Waals surface area contributed by atoms with Gasteiger partial charge in [0.25, 0.3) is 0 Å². The summed E-state index contributed by atoms with van der Waals surface area (Å²) in [6, 6.07) is 0. The van der Waals surface area contributed by atoms with Gasteiger partial charge in [-0.3, -0.25) is 0 Å². The van der Waals surface area contributed by atoms with Crippen LogP contribution >= 0.6 is 0 Å². The zero-order valence-corrected chi connectivity index (χ0v) is 10.8. The summed E-state index contributed by atoms with van der Waals surface area (Å²) < 4.78 is 11.8. The average Bonchev–Trinajstić information content (AvgIpc) is 2.33. The molecule has 0 radical (unpaired) electrons. The van der Waals surface area contributed by atoms with Crippen molar-refractivity contribution in [3.63, 3.8) is 0 Å². The van der Waals surface area contributed by atoms with E-state index in [0.29, 0.717) is 5.92 Å². The van der Waals surface area contributed by atoms with Crippen molar-refractivity contribution >= 4 is 7.12 Å². The van der Waals surface area contributed by atoms with E-state index in [0.717, 1.165) is 6.42 Å². The first-order valence-electron chi connectivity index (χ1n) is 5.82. The standard InChI is InChI=1S/C11H24BNO2/c1-7-8(2)9(13)12-14-10(3,4)11(5,6)15-12/h8-9H,7,13H2,1-6H3/t8?,9-/m0/s1. The molecule has 0 bridgehead atoms. The summed E-state index contributed by atoms with van der Waals surface area (Å²) in [7, 11) is -0.273. The number of nitrogens with two attached hydrogens (primary N) is 1. The van der Waals surface area contributed by atoms with Crippen molar-refractivity contribution in [1.29, 1.82) is 0 Å². The van der Waals surface area contributed by atoms with Gasteiger partial charge in [-0.2, -0.15) is 0 Å². The largest absolute Gasteiger partial charge is 0.476 e. The SMILES string of the molecule is CCC(C)[C@H](N)B1OC(C)(C)C(C)(C)O1. The molecule has 2 N–H and O–H groups in total. The van der Waals surface area contributed by atoms with Crippen molar-refractivity contribution in [1.82, 2.24) is 0 Å². The van der Waals surface area contributed by atoms with Crippen LogP contribution in [0.4, 0.5) is 0 Å². The van der Waals surface area contributed by atoms with Gasteiger partial charge in [-0.05, 0) is 33.6 Å². The van der Waals surface area contributed by atoms with E-state index in [1.165, 1.54) is 0 Å². The van der Waals surface area contributed by atoms with Crippen molar-refractivity contribution in [3.05, 3.63) is 0 Å². The van der Waals surface area contributed by atoms with Gasteiger partial charge in [0, 0.05) is 5.94 Å². The van der Waals surface area contributed by atoms with E-state index in [2.05, 4.69) is 41.5 Å². The van der Waals surface area contributed by atoms with Crippen LogP contribution in [0.15, 0.2) is 0 Å². The van der Waals surface area contributed by atoms with Gasteiger partial charge in [0.1, 0.15) is 0 Å². The molecule has 2 atom stereocenters. The third-order valence-corrected chi connectivity index (χ3v) is 3.89. The second-order valence-corrected chi connectivity index (χ2v) is 5.59. The number of hydrogen-bond acceptors (Lipinski definition) is 3. The molecule has 0 spiro atoms. The second-order valence-electron chi connectivity index (χ2n) is 5.59. The summed E-state index contributed by atoms with van der Waals surface area (Å²) in [4.78, 5) is 0. The van der Waals surface area contributed by atoms with Crippen molar-refractivity contribution in [2.75, 3.05) is 0 Å². The number of hydrogen-bond donors (Lipinski definition) is 1. The zero-order valence-electron chi connectivity index (χ0n) is 10.8. The molecule has 0 aromatic carbocycles. The minimum absolute atomic E-state index is 0.0453. The molecular formula is C11H24BNO2. The second kappa shape index (κ2) is 4.08. The third-order valence-electron chi connectivity index (χ3n) is 3.89. The maximum atomic E-state index is 6.13. The van der Waals surface area contributed by atoms with Gasteiger partial charge in [0.05, 0.1) is 11.2 Å². The van der Waals surface area contributed by atoms with E-state index in [9.17, 15) is 0 Å². The molecule has 1 unspecified atom stereocenters. The highest BCUT2D eigenvalue weighted by molar-refractivity contribution is 6.47. The average molecular weight is 213 g/mol. The first kappa shape index (κ1) is 13.0. The van der Waals surface area contributed by atoms with Crippen LogP contribution in [-0.4, -0.2) is 24.3 Å². The van der Waals surface area contributed by atoms with Crippen LogP contribution in [-0.2, 0) is 9.31 Å². The molecule has 1 saturated heterocycles. The molecule has 0 aromatic rings. The van der Waals surface area contributed by atoms with Crippen LogP contribution in [0.2, 0.25) is 0 Å². The first-order valence-corrected chi connectivity index (χ1v) is 5.82. The van der Waals surface area contributed by atoms with Gasteiger partial charge < -0.3 is 15.0 Å². The summed E-state index contributed by atoms with van der Waals surface area (Å²) >= 11 is 0. The fourth-order valence-electron chi connectivity index (χ4n) is 1.59. The van der Waals surface area contributed by atoms with Crippen molar-refractivity contribution in [3.8, 4) is 0 Å². The van der Waals surface area contributed by atoms with Crippen molar-refractivity contribution in [2.24, 2.45) is 11.7 Å². The molecule has 0 amide bonds. The Balaban J connectivity index is 2.70. The lowest BCUT2D eigenvalue weighted by molar-refractivity contribution is 0.00578. The normalized spacial score (nSPS) is 27.8. The van der Waals surface area contributed by atoms with E-state index >= 15 is 0 Å². The summed E-state index contributed by atoms with van der Waals surface area (Å²) in [5.41, 5.74) is 5.58. The molecular weight excluding hydrogens is 189 g/mol. The highest BCUT2D eigenvalue weighted by Crippen LogP contribution is 2.38. The molecule has 3 nitrogen and oxygen atoms in total. The predicted octanol–water partition coefficient (Wildman–Crippen LogP) is 1.99. The van der Waals surface area contributed by atoms with E-state index < -0.39 is 0 Å². The Morgan fingerprint density at radius 1 is 1.13 bits per heavy atom. The Morgan fingerprint density at radius 3 is 1.87 bits per heavy atom. The zero-order chi connectivity index (χ0) is 11.9. The fraction of sp³-hybridized carbons (Fsp3) is 1.00. The first-order chi connectivity index (χ1) is 6.71. The van der Waals surface area contributed by atoms with Crippen LogP contribution in [0.25, 0.3) is 0 Å². The lowest BCUT2D eigenvalue weighted by Crippen LogP contribution is -2.45. The lowest BCUT2D eigenvalue weighted by Gasteiger charge is -2.32. The smallest absolute Gasteiger partial charge is 0.402 e. The maximum absolute atomic E-state index is 6.13. The van der Waals surface area contributed by atoms with Gasteiger partial charge in [0.15, 0.2) is 0 Å². The van der Waals surface area contributed by atoms with Gasteiger partial charge in [-0.15, -0.1) is 0 Å². The van der Waals surface area contributed by atoms with E-state index in [-0.39, 0.29) is 24.3 Å². The van der Waals surface area contributed by atoms with Gasteiger partial charge in [-0.25, -0.2) is 0 Å². The van der Waals surface area contributed by atoms with Crippen LogP contribution < -0.4 is 5.73 Å². The Kier molecular flexibility index (Phi) is 3.54. The minimum Gasteiger partial charge on any atom is -0.402 e. The molecule has 0 aliphatic carbocycles. The van der Waals surface area contributed by atoms with Crippen LogP contribution in [0, 0.1) is 5.92 Å². The third kappa shape index (κ3) is 2.37. The molecule has 1 aliphatic rings. The van der Waals surface area contributed by atoms with Crippen LogP contribution in [0.3, 0.4) is 0 Å². The molecule has 0 saturated carbocycles. The monoisotopic (exact) mass is 213 g/mol. The quantitative estimate of drug-likeness (QED) is 0.729. The molecule has 4 heteroatoms. The van der Waals surface area contributed by atoms with E-state index in [4.69, 9.17) is 15.0 Å². The highest BCUT2D eigenvalue weighted by Gasteiger charge is 2.53. The highest BCUT2D eigenvalue weighted by atomic mass is 16.7. The van der Waals surface area contributed by atoms with E-state index in [1.807, 2.05) is 0 Å². The summed E-state index contributed by atoms with van der Waals surface area (Å²) in [6.45, 7) is 12.5. The van der Waals surface area contributed by atoms with Crippen LogP contribution in [0.1, 0.15) is 48.0 Å². The molecule has 1 heterocycles. The molecule has 1 rings (SSSR count). The van der Waals surface area contributed by atoms with Gasteiger partial charge >= 0.3 is 7.12 Å². The Morgan fingerprint density at radius 2 is 1.53 bits per heavy atom. The Bertz CT molecular complexity index is 215. The summed E-state index contributed by atoms with van der Waals surface area (Å²) in [5.74, 6) is 0.371. The lowest BCUT2D eigenvalue weighted by atomic mass is 9.71. The summed E-state index contributed by atoms with van der Waals surface area (Å²) in [6.07, 6.45) is 1.05. The minimum atomic E-state index is -0.275. The van der Waals surface area contributed by atoms with Crippen molar-refractivity contribution in [2.45, 2.75) is 65.1 Å². The molecule has 1 fully saturated rings. The van der Waals surface area contributed by atoms with Gasteiger partial charge in [-0.1, -0.05) is 20.3 Å². The molecule has 0 aromatic heterocycles. The fourth-order valence-corrected chi connectivity index (χ4v) is 1.59. The maximum Gasteiger partial charge on any atom is 0.476 e. The molecule has 15 heavy (non-hydrogen) atoms. The van der Waals surface area contributed by atoms with Gasteiger partial charge in [0.2, 0.25) is 0 Å². The van der Waals surface area contributed by atoms with Crippen LogP contribution in [0.5, 0.6) is 0 Å². The van der Waals surface area contributed by atoms with Crippen molar-refractivity contribution < 1.29 is 9.31 Å². The predicted molar refractivity (Wildman–Crippen MR) is 63.5 cm³/mol. The molecule has 88 valence electrons. The topological polar surface area (TPSA) is 44.5 Å². The Hall–Kier alpha value is -0.0551. The Labute approximate surface area is 93.8 Å². The summed E-state index contributed by atoms with van der Waals surface area (Å²) in [5, 5.41) is 0. The van der Waals surface area contributed by atoms with E-state index in [1.54, 1.807) is 0 Å². The number of rotatable bonds is 3.